The molecular formula is C21H21N5O2S. The van der Waals surface area contributed by atoms with Gasteiger partial charge in [-0.25, -0.2) is 9.97 Å². The lowest BCUT2D eigenvalue weighted by Gasteiger charge is -2.34. The number of carbonyl (C=O) groups is 2. The Morgan fingerprint density at radius 3 is 2.62 bits per heavy atom. The minimum atomic E-state index is -0.275. The van der Waals surface area contributed by atoms with E-state index in [-0.39, 0.29) is 18.4 Å². The lowest BCUT2D eigenvalue weighted by Crippen LogP contribution is -2.51. The van der Waals surface area contributed by atoms with Gasteiger partial charge in [0.1, 0.15) is 10.3 Å². The third-order valence-corrected chi connectivity index (χ3v) is 5.74. The SMILES string of the molecule is O=C(/C=C/c1ccccc1)NCC(=O)N1CCN(c2nc3cccnc3s2)CC1. The van der Waals surface area contributed by atoms with Crippen molar-refractivity contribution in [1.29, 1.82) is 0 Å². The Bertz CT molecular complexity index is 993. The second kappa shape index (κ2) is 8.83. The molecule has 0 atom stereocenters. The Kier molecular flexibility index (Phi) is 5.81. The molecule has 1 N–H and O–H groups in total. The van der Waals surface area contributed by atoms with Gasteiger partial charge in [-0.15, -0.1) is 0 Å². The molecule has 148 valence electrons. The summed E-state index contributed by atoms with van der Waals surface area (Å²) in [7, 11) is 0. The van der Waals surface area contributed by atoms with E-state index in [9.17, 15) is 9.59 Å². The smallest absolute Gasteiger partial charge is 0.244 e. The second-order valence-corrected chi connectivity index (χ2v) is 7.61. The standard InChI is InChI=1S/C21H21N5O2S/c27-18(9-8-16-5-2-1-3-6-16)23-15-19(28)25-11-13-26(14-12-25)21-24-17-7-4-10-22-20(17)29-21/h1-10H,11-15H2,(H,23,27)/b9-8+. The molecule has 2 amide bonds. The van der Waals surface area contributed by atoms with Gasteiger partial charge in [0.25, 0.3) is 0 Å². The van der Waals surface area contributed by atoms with E-state index >= 15 is 0 Å². The molecule has 0 spiro atoms. The Hall–Kier alpha value is -3.26. The molecule has 2 aromatic heterocycles. The number of rotatable bonds is 5. The zero-order valence-corrected chi connectivity index (χ0v) is 16.6. The molecule has 0 bridgehead atoms. The van der Waals surface area contributed by atoms with E-state index in [1.165, 1.54) is 6.08 Å². The number of aromatic nitrogens is 2. The van der Waals surface area contributed by atoms with Crippen LogP contribution in [-0.4, -0.2) is 59.4 Å². The summed E-state index contributed by atoms with van der Waals surface area (Å²) in [6.45, 7) is 2.65. The predicted octanol–water partition coefficient (Wildman–Crippen LogP) is 2.17. The van der Waals surface area contributed by atoms with Gasteiger partial charge in [-0.2, -0.15) is 0 Å². The maximum Gasteiger partial charge on any atom is 0.244 e. The first kappa shape index (κ1) is 19.1. The summed E-state index contributed by atoms with van der Waals surface area (Å²) in [5.74, 6) is -0.347. The van der Waals surface area contributed by atoms with Crippen LogP contribution in [0.15, 0.2) is 54.7 Å². The third kappa shape index (κ3) is 4.78. The Balaban J connectivity index is 1.24. The fourth-order valence-electron chi connectivity index (χ4n) is 3.11. The van der Waals surface area contributed by atoms with E-state index in [1.807, 2.05) is 42.5 Å². The van der Waals surface area contributed by atoms with Crippen molar-refractivity contribution in [2.45, 2.75) is 0 Å². The summed E-state index contributed by atoms with van der Waals surface area (Å²) in [5.41, 5.74) is 1.84. The molecule has 0 unspecified atom stereocenters. The van der Waals surface area contributed by atoms with Crippen molar-refractivity contribution in [3.8, 4) is 0 Å². The van der Waals surface area contributed by atoms with E-state index in [0.717, 1.165) is 21.0 Å². The molecule has 1 aromatic carbocycles. The first-order valence-corrected chi connectivity index (χ1v) is 10.3. The van der Waals surface area contributed by atoms with Gasteiger partial charge >= 0.3 is 0 Å². The van der Waals surface area contributed by atoms with Gasteiger partial charge in [0.2, 0.25) is 11.8 Å². The maximum absolute atomic E-state index is 12.4. The van der Waals surface area contributed by atoms with E-state index < -0.39 is 0 Å². The Labute approximate surface area is 172 Å². The van der Waals surface area contributed by atoms with Gasteiger partial charge in [0.15, 0.2) is 5.13 Å². The van der Waals surface area contributed by atoms with Crippen LogP contribution in [0.4, 0.5) is 5.13 Å². The first-order valence-electron chi connectivity index (χ1n) is 9.44. The molecule has 3 aromatic rings. The molecule has 1 aliphatic rings. The minimum Gasteiger partial charge on any atom is -0.344 e. The number of nitrogens with one attached hydrogen (secondary N) is 1. The molecule has 3 heterocycles. The largest absolute Gasteiger partial charge is 0.344 e. The van der Waals surface area contributed by atoms with Gasteiger partial charge < -0.3 is 15.1 Å². The highest BCUT2D eigenvalue weighted by Crippen LogP contribution is 2.27. The van der Waals surface area contributed by atoms with Crippen molar-refractivity contribution in [3.63, 3.8) is 0 Å². The van der Waals surface area contributed by atoms with Gasteiger partial charge in [-0.3, -0.25) is 9.59 Å². The minimum absolute atomic E-state index is 0.00300. The van der Waals surface area contributed by atoms with Crippen LogP contribution in [0.1, 0.15) is 5.56 Å². The van der Waals surface area contributed by atoms with Crippen LogP contribution in [0.2, 0.25) is 0 Å². The molecule has 4 rings (SSSR count). The topological polar surface area (TPSA) is 78.4 Å². The quantitative estimate of drug-likeness (QED) is 0.656. The molecule has 29 heavy (non-hydrogen) atoms. The average Bonchev–Trinajstić information content (AvgIpc) is 3.21. The van der Waals surface area contributed by atoms with Crippen molar-refractivity contribution in [3.05, 3.63) is 60.3 Å². The summed E-state index contributed by atoms with van der Waals surface area (Å²) in [6, 6.07) is 13.4. The van der Waals surface area contributed by atoms with Crippen LogP contribution in [-0.2, 0) is 9.59 Å². The molecular weight excluding hydrogens is 386 g/mol. The molecule has 7 nitrogen and oxygen atoms in total. The monoisotopic (exact) mass is 407 g/mol. The summed E-state index contributed by atoms with van der Waals surface area (Å²) in [4.78, 5) is 38.2. The Morgan fingerprint density at radius 1 is 1.07 bits per heavy atom. The molecule has 0 radical (unpaired) electrons. The number of carbonyl (C=O) groups excluding carboxylic acids is 2. The number of amides is 2. The van der Waals surface area contributed by atoms with Crippen LogP contribution in [0.3, 0.4) is 0 Å². The molecule has 1 saturated heterocycles. The molecule has 1 fully saturated rings. The van der Waals surface area contributed by atoms with Crippen LogP contribution >= 0.6 is 11.3 Å². The number of nitrogens with zero attached hydrogens (tertiary/aromatic N) is 4. The van der Waals surface area contributed by atoms with Crippen LogP contribution < -0.4 is 10.2 Å². The highest BCUT2D eigenvalue weighted by atomic mass is 32.1. The van der Waals surface area contributed by atoms with Crippen LogP contribution in [0, 0.1) is 0 Å². The first-order chi connectivity index (χ1) is 14.2. The van der Waals surface area contributed by atoms with Crippen molar-refractivity contribution in [2.75, 3.05) is 37.6 Å². The third-order valence-electron chi connectivity index (χ3n) is 4.70. The number of benzene rings is 1. The number of piperazine rings is 1. The number of hydrogen-bond acceptors (Lipinski definition) is 6. The summed E-state index contributed by atoms with van der Waals surface area (Å²) in [5, 5.41) is 3.60. The van der Waals surface area contributed by atoms with E-state index in [4.69, 9.17) is 0 Å². The zero-order valence-electron chi connectivity index (χ0n) is 15.8. The summed E-state index contributed by atoms with van der Waals surface area (Å²) in [6.07, 6.45) is 4.94. The number of thiazole rings is 1. The van der Waals surface area contributed by atoms with Crippen molar-refractivity contribution >= 4 is 44.7 Å². The predicted molar refractivity (Wildman–Crippen MR) is 115 cm³/mol. The van der Waals surface area contributed by atoms with Gasteiger partial charge in [-0.05, 0) is 23.8 Å². The highest BCUT2D eigenvalue weighted by molar-refractivity contribution is 7.21. The number of anilines is 1. The van der Waals surface area contributed by atoms with Gasteiger partial charge in [-0.1, -0.05) is 41.7 Å². The van der Waals surface area contributed by atoms with Crippen LogP contribution in [0.5, 0.6) is 0 Å². The van der Waals surface area contributed by atoms with Crippen LogP contribution in [0.25, 0.3) is 16.4 Å². The van der Waals surface area contributed by atoms with Crippen molar-refractivity contribution in [2.24, 2.45) is 0 Å². The van der Waals surface area contributed by atoms with Crippen molar-refractivity contribution in [1.82, 2.24) is 20.2 Å². The van der Waals surface area contributed by atoms with E-state index in [0.29, 0.717) is 26.2 Å². The number of pyridine rings is 1. The molecule has 8 heteroatoms. The molecule has 0 aliphatic carbocycles. The van der Waals surface area contributed by atoms with E-state index in [1.54, 1.807) is 28.5 Å². The number of fused-ring (bicyclic) bond motifs is 1. The normalized spacial score (nSPS) is 14.5. The summed E-state index contributed by atoms with van der Waals surface area (Å²) >= 11 is 1.57. The van der Waals surface area contributed by atoms with Crippen molar-refractivity contribution < 1.29 is 9.59 Å². The second-order valence-electron chi connectivity index (χ2n) is 6.65. The fourth-order valence-corrected chi connectivity index (χ4v) is 4.07. The number of hydrogen-bond donors (Lipinski definition) is 1. The molecule has 0 saturated carbocycles. The Morgan fingerprint density at radius 2 is 1.86 bits per heavy atom. The lowest BCUT2D eigenvalue weighted by atomic mass is 10.2. The summed E-state index contributed by atoms with van der Waals surface area (Å²) < 4.78 is 0. The maximum atomic E-state index is 12.4. The molecule has 1 aliphatic heterocycles. The fraction of sp³-hybridized carbons (Fsp3) is 0.238. The highest BCUT2D eigenvalue weighted by Gasteiger charge is 2.23. The van der Waals surface area contributed by atoms with E-state index in [2.05, 4.69) is 20.2 Å². The zero-order chi connectivity index (χ0) is 20.1. The van der Waals surface area contributed by atoms with Gasteiger partial charge in [0.05, 0.1) is 6.54 Å². The van der Waals surface area contributed by atoms with Gasteiger partial charge in [0, 0.05) is 38.5 Å². The average molecular weight is 407 g/mol. The lowest BCUT2D eigenvalue weighted by molar-refractivity contribution is -0.132.